The molecule has 0 bridgehead atoms. The Balaban J connectivity index is 1.87. The number of amides is 1. The van der Waals surface area contributed by atoms with Gasteiger partial charge in [-0.05, 0) is 0 Å². The van der Waals surface area contributed by atoms with E-state index in [1.165, 1.54) is 17.2 Å². The summed E-state index contributed by atoms with van der Waals surface area (Å²) in [5.41, 5.74) is -0.971. The Hall–Kier alpha value is -1.19. The number of hydrogen-bond acceptors (Lipinski definition) is 7. The van der Waals surface area contributed by atoms with Crippen LogP contribution in [0.25, 0.3) is 0 Å². The minimum atomic E-state index is -1.26. The molecule has 2 fully saturated rings. The first-order valence-electron chi connectivity index (χ1n) is 6.11. The Morgan fingerprint density at radius 3 is 2.79 bits per heavy atom. The molecular formula is C11H16N2O6. The molecule has 1 amide bonds. The van der Waals surface area contributed by atoms with Crippen LogP contribution in [0.2, 0.25) is 0 Å². The van der Waals surface area contributed by atoms with E-state index in [1.54, 1.807) is 0 Å². The van der Waals surface area contributed by atoms with E-state index in [0.717, 1.165) is 0 Å². The zero-order valence-electron chi connectivity index (χ0n) is 10.1. The van der Waals surface area contributed by atoms with E-state index < -0.39 is 36.3 Å². The number of hydrogen-bond donors (Lipinski definition) is 4. The van der Waals surface area contributed by atoms with Crippen molar-refractivity contribution in [1.82, 2.24) is 10.2 Å². The molecule has 8 nitrogen and oxygen atoms in total. The van der Waals surface area contributed by atoms with Crippen molar-refractivity contribution in [2.75, 3.05) is 13.2 Å². The van der Waals surface area contributed by atoms with Crippen molar-refractivity contribution in [3.8, 4) is 0 Å². The predicted octanol–water partition coefficient (Wildman–Crippen LogP) is -2.55. The summed E-state index contributed by atoms with van der Waals surface area (Å²) >= 11 is 0. The monoisotopic (exact) mass is 272 g/mol. The third-order valence-corrected chi connectivity index (χ3v) is 3.84. The third kappa shape index (κ3) is 1.76. The quantitative estimate of drug-likeness (QED) is 0.438. The molecule has 5 atom stereocenters. The number of rotatable bonds is 2. The van der Waals surface area contributed by atoms with E-state index in [9.17, 15) is 20.1 Å². The van der Waals surface area contributed by atoms with Gasteiger partial charge in [-0.2, -0.15) is 0 Å². The number of aliphatic hydroxyl groups is 3. The molecule has 4 N–H and O–H groups in total. The van der Waals surface area contributed by atoms with Gasteiger partial charge >= 0.3 is 0 Å². The van der Waals surface area contributed by atoms with Crippen molar-refractivity contribution in [1.29, 1.82) is 0 Å². The molecule has 3 rings (SSSR count). The van der Waals surface area contributed by atoms with E-state index in [2.05, 4.69) is 5.32 Å². The Labute approximate surface area is 109 Å². The molecule has 8 heteroatoms. The van der Waals surface area contributed by atoms with Crippen molar-refractivity contribution in [3.05, 3.63) is 12.3 Å². The summed E-state index contributed by atoms with van der Waals surface area (Å²) in [5, 5.41) is 31.5. The van der Waals surface area contributed by atoms with Gasteiger partial charge in [0.1, 0.15) is 17.8 Å². The maximum atomic E-state index is 11.1. The molecule has 19 heavy (non-hydrogen) atoms. The highest BCUT2D eigenvalue weighted by Gasteiger charge is 2.63. The molecule has 3 aliphatic heterocycles. The number of ether oxygens (including phenoxy) is 2. The van der Waals surface area contributed by atoms with Gasteiger partial charge in [0, 0.05) is 18.7 Å². The Bertz CT molecular complexity index is 410. The van der Waals surface area contributed by atoms with Crippen molar-refractivity contribution in [3.63, 3.8) is 0 Å². The molecule has 1 unspecified atom stereocenters. The van der Waals surface area contributed by atoms with Crippen molar-refractivity contribution < 1.29 is 29.6 Å². The predicted molar refractivity (Wildman–Crippen MR) is 60.2 cm³/mol. The van der Waals surface area contributed by atoms with E-state index in [1.807, 2.05) is 0 Å². The lowest BCUT2D eigenvalue weighted by Gasteiger charge is -2.48. The third-order valence-electron chi connectivity index (χ3n) is 3.84. The maximum absolute atomic E-state index is 11.1. The summed E-state index contributed by atoms with van der Waals surface area (Å²) in [7, 11) is 0. The zero-order valence-corrected chi connectivity index (χ0v) is 10.1. The smallest absolute Gasteiger partial charge is 0.248 e. The summed E-state index contributed by atoms with van der Waals surface area (Å²) in [6, 6.07) is 0. The van der Waals surface area contributed by atoms with Gasteiger partial charge in [0.25, 0.3) is 0 Å². The normalized spacial score (nSPS) is 45.4. The van der Waals surface area contributed by atoms with E-state index >= 15 is 0 Å². The van der Waals surface area contributed by atoms with E-state index in [-0.39, 0.29) is 6.61 Å². The van der Waals surface area contributed by atoms with Crippen molar-refractivity contribution in [2.24, 2.45) is 0 Å². The molecule has 0 saturated carbocycles. The minimum Gasteiger partial charge on any atom is -0.394 e. The van der Waals surface area contributed by atoms with Gasteiger partial charge in [0.05, 0.1) is 13.2 Å². The molecule has 0 radical (unpaired) electrons. The highest BCUT2D eigenvalue weighted by atomic mass is 16.6. The van der Waals surface area contributed by atoms with Crippen LogP contribution in [0.15, 0.2) is 12.3 Å². The molecule has 0 aromatic heterocycles. The maximum Gasteiger partial charge on any atom is 0.248 e. The molecule has 3 aliphatic rings. The number of nitrogens with zero attached hydrogens (tertiary/aromatic N) is 1. The molecule has 0 aromatic rings. The van der Waals surface area contributed by atoms with Crippen LogP contribution in [-0.4, -0.2) is 69.7 Å². The summed E-state index contributed by atoms with van der Waals surface area (Å²) in [4.78, 5) is 12.5. The van der Waals surface area contributed by atoms with Crippen LogP contribution in [0.1, 0.15) is 6.42 Å². The summed E-state index contributed by atoms with van der Waals surface area (Å²) in [6.45, 7) is 0.137. The summed E-state index contributed by atoms with van der Waals surface area (Å²) in [6.07, 6.45) is -0.572. The van der Waals surface area contributed by atoms with Crippen LogP contribution in [0, 0.1) is 0 Å². The lowest BCUT2D eigenvalue weighted by molar-refractivity contribution is -0.250. The SMILES string of the molecule is O=C1C=CN([C@@H]2O[C@H](CO)[C@@H](O)[C@]23CCO3)C(O)N1. The topological polar surface area (TPSA) is 111 Å². The fourth-order valence-corrected chi connectivity index (χ4v) is 2.74. The van der Waals surface area contributed by atoms with Gasteiger partial charge in [-0.1, -0.05) is 0 Å². The van der Waals surface area contributed by atoms with Gasteiger partial charge in [0.2, 0.25) is 12.3 Å². The van der Waals surface area contributed by atoms with Crippen molar-refractivity contribution in [2.45, 2.75) is 36.8 Å². The van der Waals surface area contributed by atoms with Crippen molar-refractivity contribution >= 4 is 5.91 Å². The highest BCUT2D eigenvalue weighted by molar-refractivity contribution is 5.88. The van der Waals surface area contributed by atoms with Crippen LogP contribution in [0.4, 0.5) is 0 Å². The van der Waals surface area contributed by atoms with Crippen LogP contribution in [0.3, 0.4) is 0 Å². The molecule has 2 saturated heterocycles. The fourth-order valence-electron chi connectivity index (χ4n) is 2.74. The average Bonchev–Trinajstić information content (AvgIpc) is 2.62. The van der Waals surface area contributed by atoms with Crippen LogP contribution in [0.5, 0.6) is 0 Å². The number of nitrogens with one attached hydrogen (secondary N) is 1. The molecule has 0 aliphatic carbocycles. The fraction of sp³-hybridized carbons (Fsp3) is 0.727. The molecule has 106 valence electrons. The minimum absolute atomic E-state index is 0.344. The first kappa shape index (κ1) is 12.8. The second-order valence-electron chi connectivity index (χ2n) is 4.85. The van der Waals surface area contributed by atoms with Gasteiger partial charge in [-0.25, -0.2) is 0 Å². The van der Waals surface area contributed by atoms with E-state index in [0.29, 0.717) is 13.0 Å². The first-order chi connectivity index (χ1) is 9.08. The number of carbonyl (C=O) groups excluding carboxylic acids is 1. The van der Waals surface area contributed by atoms with Gasteiger partial charge in [0.15, 0.2) is 6.23 Å². The molecule has 0 aromatic carbocycles. The number of carbonyl (C=O) groups is 1. The standard InChI is InChI=1S/C11H16N2O6/c14-5-6-8(16)11(2-4-18-11)9(19-6)13-3-1-7(15)12-10(13)17/h1,3,6,8-10,14,16-17H,2,4-5H2,(H,12,15)/t6-,8-,9-,10?,11-/m1/s1. The molecule has 1 spiro atoms. The lowest BCUT2D eigenvalue weighted by Crippen LogP contribution is -2.65. The highest BCUT2D eigenvalue weighted by Crippen LogP contribution is 2.44. The molecular weight excluding hydrogens is 256 g/mol. The van der Waals surface area contributed by atoms with Gasteiger partial charge in [-0.15, -0.1) is 0 Å². The first-order valence-corrected chi connectivity index (χ1v) is 6.11. The van der Waals surface area contributed by atoms with Gasteiger partial charge < -0.3 is 35.0 Å². The lowest BCUT2D eigenvalue weighted by atomic mass is 9.86. The Morgan fingerprint density at radius 2 is 2.26 bits per heavy atom. The summed E-state index contributed by atoms with van der Waals surface area (Å²) < 4.78 is 11.0. The number of aliphatic hydroxyl groups excluding tert-OH is 3. The zero-order chi connectivity index (χ0) is 13.6. The summed E-state index contributed by atoms with van der Waals surface area (Å²) in [5.74, 6) is -0.412. The van der Waals surface area contributed by atoms with Crippen LogP contribution >= 0.6 is 0 Å². The second kappa shape index (κ2) is 4.43. The largest absolute Gasteiger partial charge is 0.394 e. The van der Waals surface area contributed by atoms with Gasteiger partial charge in [-0.3, -0.25) is 4.79 Å². The Morgan fingerprint density at radius 1 is 1.53 bits per heavy atom. The molecule has 3 heterocycles. The Kier molecular flexibility index (Phi) is 2.99. The van der Waals surface area contributed by atoms with Crippen LogP contribution in [-0.2, 0) is 14.3 Å². The van der Waals surface area contributed by atoms with E-state index in [4.69, 9.17) is 9.47 Å². The second-order valence-corrected chi connectivity index (χ2v) is 4.85. The average molecular weight is 272 g/mol. The van der Waals surface area contributed by atoms with Crippen LogP contribution < -0.4 is 5.32 Å².